The molecule has 1 aromatic rings. The minimum absolute atomic E-state index is 0.221. The minimum Gasteiger partial charge on any atom is -0.360 e. The molecule has 2 aliphatic heterocycles. The summed E-state index contributed by atoms with van der Waals surface area (Å²) in [6.07, 6.45) is 0.347. The Morgan fingerprint density at radius 3 is 2.29 bits per heavy atom. The summed E-state index contributed by atoms with van der Waals surface area (Å²) in [5.74, 6) is 0. The van der Waals surface area contributed by atoms with Crippen LogP contribution in [0.1, 0.15) is 37.7 Å². The Morgan fingerprint density at radius 1 is 1.14 bits per heavy atom. The topological polar surface area (TPSA) is 46.4 Å². The first kappa shape index (κ1) is 14.2. The summed E-state index contributed by atoms with van der Waals surface area (Å²) < 4.78 is 38.2. The molecule has 2 heterocycles. The molecule has 2 bridgehead atoms. The molecule has 2 unspecified atom stereocenters. The number of nitro benzene ring substituents is 1. The van der Waals surface area contributed by atoms with Gasteiger partial charge < -0.3 is 4.90 Å². The molecule has 114 valence electrons. The van der Waals surface area contributed by atoms with E-state index in [1.54, 1.807) is 0 Å². The van der Waals surface area contributed by atoms with Crippen LogP contribution in [0.4, 0.5) is 24.5 Å². The first-order valence-electron chi connectivity index (χ1n) is 7.02. The highest BCUT2D eigenvalue weighted by Crippen LogP contribution is 2.44. The predicted molar refractivity (Wildman–Crippen MR) is 71.2 cm³/mol. The van der Waals surface area contributed by atoms with Crippen molar-refractivity contribution in [2.75, 3.05) is 4.90 Å². The molecule has 2 saturated heterocycles. The van der Waals surface area contributed by atoms with E-state index < -0.39 is 22.4 Å². The van der Waals surface area contributed by atoms with Crippen molar-refractivity contribution in [1.29, 1.82) is 0 Å². The highest BCUT2D eigenvalue weighted by Gasteiger charge is 2.40. The van der Waals surface area contributed by atoms with Crippen LogP contribution in [0.15, 0.2) is 18.2 Å². The van der Waals surface area contributed by atoms with Crippen LogP contribution in [-0.2, 0) is 6.18 Å². The third-order valence-corrected chi connectivity index (χ3v) is 4.47. The SMILES string of the molecule is O=[N+]([O-])c1cc(C(F)(F)F)ccc1N1C2CCCC1CC2. The summed E-state index contributed by atoms with van der Waals surface area (Å²) >= 11 is 0. The molecule has 0 saturated carbocycles. The van der Waals surface area contributed by atoms with Gasteiger partial charge in [0.05, 0.1) is 10.5 Å². The van der Waals surface area contributed by atoms with Gasteiger partial charge >= 0.3 is 6.18 Å². The number of hydrogen-bond acceptors (Lipinski definition) is 3. The van der Waals surface area contributed by atoms with E-state index in [9.17, 15) is 23.3 Å². The largest absolute Gasteiger partial charge is 0.416 e. The van der Waals surface area contributed by atoms with Crippen molar-refractivity contribution in [2.24, 2.45) is 0 Å². The molecule has 0 N–H and O–H groups in total. The Hall–Kier alpha value is -1.79. The number of fused-ring (bicyclic) bond motifs is 2. The van der Waals surface area contributed by atoms with Crippen LogP contribution in [0.3, 0.4) is 0 Å². The first-order valence-corrected chi connectivity index (χ1v) is 7.02. The van der Waals surface area contributed by atoms with E-state index in [0.717, 1.165) is 38.2 Å². The summed E-state index contributed by atoms with van der Waals surface area (Å²) in [6, 6.07) is 3.30. The fourth-order valence-electron chi connectivity index (χ4n) is 3.57. The van der Waals surface area contributed by atoms with E-state index in [-0.39, 0.29) is 12.1 Å². The number of rotatable bonds is 2. The predicted octanol–water partition coefficient (Wildman–Crippen LogP) is 4.13. The van der Waals surface area contributed by atoms with Gasteiger partial charge in [-0.05, 0) is 44.2 Å². The Bertz CT molecular complexity index is 558. The quantitative estimate of drug-likeness (QED) is 0.609. The zero-order valence-electron chi connectivity index (χ0n) is 11.3. The molecule has 21 heavy (non-hydrogen) atoms. The average Bonchev–Trinajstić information content (AvgIpc) is 2.66. The molecule has 0 aromatic heterocycles. The van der Waals surface area contributed by atoms with E-state index in [2.05, 4.69) is 0 Å². The van der Waals surface area contributed by atoms with Crippen molar-refractivity contribution in [2.45, 2.75) is 50.4 Å². The molecule has 2 aliphatic rings. The van der Waals surface area contributed by atoms with Crippen LogP contribution in [0, 0.1) is 10.1 Å². The molecule has 0 amide bonds. The van der Waals surface area contributed by atoms with Crippen LogP contribution in [0.25, 0.3) is 0 Å². The summed E-state index contributed by atoms with van der Waals surface area (Å²) in [7, 11) is 0. The van der Waals surface area contributed by atoms with Crippen molar-refractivity contribution in [3.63, 3.8) is 0 Å². The number of hydrogen-bond donors (Lipinski definition) is 0. The van der Waals surface area contributed by atoms with Crippen LogP contribution < -0.4 is 4.90 Å². The standard InChI is InChI=1S/C14H15F3N2O2/c15-14(16,17)9-4-7-12(13(8-9)19(20)21)18-10-2-1-3-11(18)6-5-10/h4,7-8,10-11H,1-3,5-6H2. The van der Waals surface area contributed by atoms with Gasteiger partial charge in [-0.1, -0.05) is 0 Å². The van der Waals surface area contributed by atoms with Gasteiger partial charge in [0.1, 0.15) is 5.69 Å². The average molecular weight is 300 g/mol. The van der Waals surface area contributed by atoms with Gasteiger partial charge in [-0.3, -0.25) is 10.1 Å². The number of piperidine rings is 1. The van der Waals surface area contributed by atoms with Crippen LogP contribution in [0.2, 0.25) is 0 Å². The van der Waals surface area contributed by atoms with Crippen molar-refractivity contribution in [3.8, 4) is 0 Å². The number of nitro groups is 1. The Kier molecular flexibility index (Phi) is 3.30. The fraction of sp³-hybridized carbons (Fsp3) is 0.571. The normalized spacial score (nSPS) is 25.2. The van der Waals surface area contributed by atoms with Gasteiger partial charge in [0.15, 0.2) is 0 Å². The third kappa shape index (κ3) is 2.45. The lowest BCUT2D eigenvalue weighted by Crippen LogP contribution is -2.40. The van der Waals surface area contributed by atoms with E-state index in [1.807, 2.05) is 4.90 Å². The van der Waals surface area contributed by atoms with Crippen LogP contribution in [-0.4, -0.2) is 17.0 Å². The Morgan fingerprint density at radius 2 is 1.76 bits per heavy atom. The molecule has 0 radical (unpaired) electrons. The fourth-order valence-corrected chi connectivity index (χ4v) is 3.57. The van der Waals surface area contributed by atoms with Crippen molar-refractivity contribution < 1.29 is 18.1 Å². The van der Waals surface area contributed by atoms with E-state index in [1.165, 1.54) is 6.07 Å². The zero-order valence-corrected chi connectivity index (χ0v) is 11.3. The summed E-state index contributed by atoms with van der Waals surface area (Å²) in [6.45, 7) is 0. The second kappa shape index (κ2) is 4.89. The van der Waals surface area contributed by atoms with Crippen molar-refractivity contribution in [1.82, 2.24) is 0 Å². The monoisotopic (exact) mass is 300 g/mol. The Balaban J connectivity index is 2.04. The van der Waals surface area contributed by atoms with Crippen LogP contribution in [0.5, 0.6) is 0 Å². The zero-order chi connectivity index (χ0) is 15.2. The summed E-state index contributed by atoms with van der Waals surface area (Å²) in [5.41, 5.74) is -1.08. The summed E-state index contributed by atoms with van der Waals surface area (Å²) in [5, 5.41) is 11.2. The molecule has 3 rings (SSSR count). The minimum atomic E-state index is -4.57. The maximum atomic E-state index is 12.7. The lowest BCUT2D eigenvalue weighted by atomic mass is 10.0. The van der Waals surface area contributed by atoms with Gasteiger partial charge in [-0.15, -0.1) is 0 Å². The molecule has 4 nitrogen and oxygen atoms in total. The second-order valence-electron chi connectivity index (χ2n) is 5.68. The number of nitrogens with zero attached hydrogens (tertiary/aromatic N) is 2. The van der Waals surface area contributed by atoms with E-state index in [4.69, 9.17) is 0 Å². The van der Waals surface area contributed by atoms with Crippen molar-refractivity contribution >= 4 is 11.4 Å². The number of alkyl halides is 3. The lowest BCUT2D eigenvalue weighted by molar-refractivity contribution is -0.384. The lowest BCUT2D eigenvalue weighted by Gasteiger charge is -2.36. The number of halogens is 3. The van der Waals surface area contributed by atoms with Gasteiger partial charge in [0, 0.05) is 18.2 Å². The molecular formula is C14H15F3N2O2. The first-order chi connectivity index (χ1) is 9.88. The van der Waals surface area contributed by atoms with Gasteiger partial charge in [-0.25, -0.2) is 0 Å². The van der Waals surface area contributed by atoms with Crippen molar-refractivity contribution in [3.05, 3.63) is 33.9 Å². The maximum Gasteiger partial charge on any atom is 0.416 e. The molecular weight excluding hydrogens is 285 g/mol. The van der Waals surface area contributed by atoms with E-state index in [0.29, 0.717) is 11.8 Å². The third-order valence-electron chi connectivity index (χ3n) is 4.47. The number of benzene rings is 1. The van der Waals surface area contributed by atoms with Gasteiger partial charge in [-0.2, -0.15) is 13.2 Å². The van der Waals surface area contributed by atoms with Gasteiger partial charge in [0.2, 0.25) is 0 Å². The molecule has 1 aromatic carbocycles. The number of anilines is 1. The second-order valence-corrected chi connectivity index (χ2v) is 5.68. The molecule has 2 atom stereocenters. The molecule has 2 fully saturated rings. The highest BCUT2D eigenvalue weighted by molar-refractivity contribution is 5.66. The molecule has 0 aliphatic carbocycles. The molecule has 7 heteroatoms. The Labute approximate surface area is 119 Å². The van der Waals surface area contributed by atoms with E-state index >= 15 is 0 Å². The van der Waals surface area contributed by atoms with Gasteiger partial charge in [0.25, 0.3) is 5.69 Å². The summed E-state index contributed by atoms with van der Waals surface area (Å²) in [4.78, 5) is 12.5. The smallest absolute Gasteiger partial charge is 0.360 e. The maximum absolute atomic E-state index is 12.7. The van der Waals surface area contributed by atoms with Crippen LogP contribution >= 0.6 is 0 Å². The molecule has 0 spiro atoms. The highest BCUT2D eigenvalue weighted by atomic mass is 19.4.